The zero-order chi connectivity index (χ0) is 34.6. The topological polar surface area (TPSA) is 117 Å². The molecule has 0 aliphatic carbocycles. The molecular weight excluding hydrogens is 652 g/mol. The monoisotopic (exact) mass is 688 g/mol. The maximum absolute atomic E-state index is 13.4. The van der Waals surface area contributed by atoms with Crippen molar-refractivity contribution in [1.82, 2.24) is 24.2 Å². The second kappa shape index (κ2) is 14.6. The molecule has 0 bridgehead atoms. The molecule has 7 rings (SSSR count). The summed E-state index contributed by atoms with van der Waals surface area (Å²) in [4.78, 5) is 65.2. The number of carbonyl (C=O) groups is 4. The van der Waals surface area contributed by atoms with Crippen LogP contribution in [0, 0.1) is 0 Å². The molecule has 0 radical (unpaired) electrons. The Labute approximate surface area is 295 Å². The number of likely N-dealkylation sites (tertiary alicyclic amines) is 2. The molecule has 0 spiro atoms. The number of halogens is 1. The quantitative estimate of drug-likeness (QED) is 0.205. The van der Waals surface area contributed by atoms with Crippen LogP contribution < -0.4 is 5.32 Å². The summed E-state index contributed by atoms with van der Waals surface area (Å²) < 4.78 is 1.66. The van der Waals surface area contributed by atoms with E-state index >= 15 is 0 Å². The summed E-state index contributed by atoms with van der Waals surface area (Å²) in [7, 11) is 0. The van der Waals surface area contributed by atoms with E-state index in [1.54, 1.807) is 38.7 Å². The number of amides is 3. The second-order valence-corrected chi connectivity index (χ2v) is 13.3. The highest BCUT2D eigenvalue weighted by Gasteiger charge is 2.35. The lowest BCUT2D eigenvalue weighted by Crippen LogP contribution is -2.43. The van der Waals surface area contributed by atoms with Crippen LogP contribution in [0.3, 0.4) is 0 Å². The minimum absolute atomic E-state index is 0.0274. The first kappa shape index (κ1) is 33.2. The van der Waals surface area contributed by atoms with Crippen LogP contribution in [0.15, 0.2) is 97.3 Å². The van der Waals surface area contributed by atoms with Crippen LogP contribution in [0.2, 0.25) is 5.15 Å². The van der Waals surface area contributed by atoms with Crippen molar-refractivity contribution >= 4 is 46.6 Å². The smallest absolute Gasteiger partial charge is 0.247 e. The summed E-state index contributed by atoms with van der Waals surface area (Å²) in [6.07, 6.45) is 6.89. The number of anilines is 1. The molecule has 3 aromatic carbocycles. The summed E-state index contributed by atoms with van der Waals surface area (Å²) >= 11 is 6.80. The number of aromatic nitrogens is 3. The van der Waals surface area contributed by atoms with Crippen LogP contribution in [-0.4, -0.2) is 72.8 Å². The number of nitrogens with zero attached hydrogens (tertiary/aromatic N) is 5. The van der Waals surface area contributed by atoms with E-state index in [0.29, 0.717) is 53.8 Å². The van der Waals surface area contributed by atoms with Gasteiger partial charge in [0.25, 0.3) is 0 Å². The first-order chi connectivity index (χ1) is 24.3. The Morgan fingerprint density at radius 2 is 1.30 bits per heavy atom. The molecular formula is C39H37ClN6O4. The number of rotatable bonds is 10. The Bertz CT molecular complexity index is 2030. The third-order valence-corrected chi connectivity index (χ3v) is 9.86. The lowest BCUT2D eigenvalue weighted by Gasteiger charge is -2.24. The molecule has 2 aliphatic heterocycles. The van der Waals surface area contributed by atoms with Crippen LogP contribution in [-0.2, 0) is 38.4 Å². The lowest BCUT2D eigenvalue weighted by molar-refractivity contribution is -0.136. The Kier molecular flexibility index (Phi) is 9.71. The molecule has 0 saturated carbocycles. The van der Waals surface area contributed by atoms with Crippen molar-refractivity contribution in [2.24, 2.45) is 0 Å². The first-order valence-electron chi connectivity index (χ1n) is 17.0. The van der Waals surface area contributed by atoms with Gasteiger partial charge in [-0.3, -0.25) is 23.6 Å². The Hall–Kier alpha value is -5.35. The van der Waals surface area contributed by atoms with Crippen LogP contribution >= 0.6 is 11.6 Å². The summed E-state index contributed by atoms with van der Waals surface area (Å²) in [6, 6.07) is 25.3. The number of imidazole rings is 1. The van der Waals surface area contributed by atoms with Crippen molar-refractivity contribution in [2.45, 2.75) is 57.0 Å². The average Bonchev–Trinajstić information content (AvgIpc) is 3.89. The molecule has 4 heterocycles. The number of nitrogens with one attached hydrogen (secondary N) is 1. The van der Waals surface area contributed by atoms with Crippen molar-refractivity contribution in [3.05, 3.63) is 119 Å². The first-order valence-corrected chi connectivity index (χ1v) is 17.3. The van der Waals surface area contributed by atoms with Gasteiger partial charge in [0.05, 0.1) is 18.9 Å². The number of Topliss-reactive ketones (excluding diaryl/α,β-unsaturated/α-hetero) is 1. The Balaban J connectivity index is 0.991. The summed E-state index contributed by atoms with van der Waals surface area (Å²) in [5, 5.41) is 3.31. The summed E-state index contributed by atoms with van der Waals surface area (Å²) in [5.41, 5.74) is 4.38. The third kappa shape index (κ3) is 7.16. The molecule has 50 heavy (non-hydrogen) atoms. The summed E-state index contributed by atoms with van der Waals surface area (Å²) in [6.45, 7) is 1.14. The standard InChI is InChI=1S/C39H37ClN6O4/c40-37-36(29-15-17-30(18-16-29)42-38(50)32-14-8-20-45(32)35(49)23-27-11-5-2-6-12-27)43-39-41-24-28(25-46(37)39)21-33(47)31-13-7-19-44(31)34(48)22-26-9-3-1-4-10-26/h1-6,9-12,15-18,24-25,31-32H,7-8,13-14,19-23H2,(H,42,50)/t31-,32-/m0/s1. The van der Waals surface area contributed by atoms with E-state index < -0.39 is 12.1 Å². The van der Waals surface area contributed by atoms with Gasteiger partial charge in [0.15, 0.2) is 5.78 Å². The van der Waals surface area contributed by atoms with Crippen LogP contribution in [0.5, 0.6) is 0 Å². The van der Waals surface area contributed by atoms with Gasteiger partial charge in [0.1, 0.15) is 16.9 Å². The van der Waals surface area contributed by atoms with Gasteiger partial charge in [-0.1, -0.05) is 84.4 Å². The highest BCUT2D eigenvalue weighted by Crippen LogP contribution is 2.30. The predicted molar refractivity (Wildman–Crippen MR) is 191 cm³/mol. The Morgan fingerprint density at radius 3 is 1.92 bits per heavy atom. The number of hydrogen-bond acceptors (Lipinski definition) is 6. The molecule has 1 N–H and O–H groups in total. The highest BCUT2D eigenvalue weighted by atomic mass is 35.5. The fourth-order valence-corrected chi connectivity index (χ4v) is 7.24. The SMILES string of the molecule is O=C(Cc1cnc2nc(-c3ccc(NC(=O)[C@@H]4CCCN4C(=O)Cc4ccccc4)cc3)c(Cl)n2c1)[C@@H]1CCCN1C(=O)Cc1ccccc1. The molecule has 2 atom stereocenters. The van der Waals surface area contributed by atoms with E-state index in [9.17, 15) is 19.2 Å². The van der Waals surface area contributed by atoms with E-state index in [1.165, 1.54) is 0 Å². The zero-order valence-corrected chi connectivity index (χ0v) is 28.3. The largest absolute Gasteiger partial charge is 0.332 e. The molecule has 3 amide bonds. The Morgan fingerprint density at radius 1 is 0.720 bits per heavy atom. The molecule has 2 aliphatic rings. The maximum atomic E-state index is 13.4. The van der Waals surface area contributed by atoms with Crippen molar-refractivity contribution in [2.75, 3.05) is 18.4 Å². The lowest BCUT2D eigenvalue weighted by atomic mass is 10.0. The molecule has 5 aromatic rings. The number of carbonyl (C=O) groups excluding carboxylic acids is 4. The fraction of sp³-hybridized carbons (Fsp3) is 0.282. The number of ketones is 1. The molecule has 11 heteroatoms. The normalized spacial score (nSPS) is 17.3. The van der Waals surface area contributed by atoms with E-state index in [2.05, 4.69) is 15.3 Å². The third-order valence-electron chi connectivity index (χ3n) is 9.50. The van der Waals surface area contributed by atoms with Crippen LogP contribution in [0.4, 0.5) is 5.69 Å². The highest BCUT2D eigenvalue weighted by molar-refractivity contribution is 6.32. The van der Waals surface area contributed by atoms with Crippen molar-refractivity contribution in [3.63, 3.8) is 0 Å². The molecule has 2 aromatic heterocycles. The van der Waals surface area contributed by atoms with Gasteiger partial charge >= 0.3 is 0 Å². The molecule has 2 fully saturated rings. The van der Waals surface area contributed by atoms with Gasteiger partial charge in [-0.2, -0.15) is 0 Å². The minimum Gasteiger partial charge on any atom is -0.332 e. The van der Waals surface area contributed by atoms with Gasteiger partial charge in [-0.05, 0) is 54.5 Å². The van der Waals surface area contributed by atoms with Gasteiger partial charge in [-0.25, -0.2) is 9.97 Å². The van der Waals surface area contributed by atoms with Gasteiger partial charge in [0, 0.05) is 43.2 Å². The van der Waals surface area contributed by atoms with E-state index in [4.69, 9.17) is 11.6 Å². The van der Waals surface area contributed by atoms with Gasteiger partial charge in [-0.15, -0.1) is 0 Å². The van der Waals surface area contributed by atoms with Gasteiger partial charge in [0.2, 0.25) is 23.5 Å². The van der Waals surface area contributed by atoms with Crippen molar-refractivity contribution in [1.29, 1.82) is 0 Å². The van der Waals surface area contributed by atoms with Crippen LogP contribution in [0.1, 0.15) is 42.4 Å². The van der Waals surface area contributed by atoms with E-state index in [1.807, 2.05) is 72.8 Å². The van der Waals surface area contributed by atoms with E-state index in [-0.39, 0.29) is 42.8 Å². The zero-order valence-electron chi connectivity index (χ0n) is 27.5. The van der Waals surface area contributed by atoms with Gasteiger partial charge < -0.3 is 15.1 Å². The molecule has 10 nitrogen and oxygen atoms in total. The van der Waals surface area contributed by atoms with Crippen LogP contribution in [0.25, 0.3) is 17.0 Å². The molecule has 254 valence electrons. The number of fused-ring (bicyclic) bond motifs is 1. The number of hydrogen-bond donors (Lipinski definition) is 1. The predicted octanol–water partition coefficient (Wildman–Crippen LogP) is 5.57. The minimum atomic E-state index is -0.516. The van der Waals surface area contributed by atoms with Crippen molar-refractivity contribution < 1.29 is 19.2 Å². The summed E-state index contributed by atoms with van der Waals surface area (Å²) in [5.74, 6) is 0.0558. The van der Waals surface area contributed by atoms with E-state index in [0.717, 1.165) is 29.5 Å². The second-order valence-electron chi connectivity index (χ2n) is 12.9. The molecule has 2 saturated heterocycles. The molecule has 0 unspecified atom stereocenters. The van der Waals surface area contributed by atoms with Crippen molar-refractivity contribution in [3.8, 4) is 11.3 Å². The maximum Gasteiger partial charge on any atom is 0.247 e. The number of benzene rings is 3. The average molecular weight is 689 g/mol. The fourth-order valence-electron chi connectivity index (χ4n) is 6.96.